The van der Waals surface area contributed by atoms with Crippen molar-refractivity contribution >= 4 is 11.7 Å². The zero-order valence-corrected chi connectivity index (χ0v) is 11.2. The van der Waals surface area contributed by atoms with Crippen LogP contribution in [0, 0.1) is 22.9 Å². The Kier molecular flexibility index (Phi) is 4.27. The van der Waals surface area contributed by atoms with E-state index in [2.05, 4.69) is 0 Å². The van der Waals surface area contributed by atoms with Crippen LogP contribution < -0.4 is 0 Å². The van der Waals surface area contributed by atoms with Gasteiger partial charge in [0.2, 0.25) is 0 Å². The summed E-state index contributed by atoms with van der Waals surface area (Å²) in [7, 11) is 0. The van der Waals surface area contributed by atoms with Crippen LogP contribution in [0.2, 0.25) is 0 Å². The second-order valence-corrected chi connectivity index (χ2v) is 4.43. The Labute approximate surface area is 120 Å². The molecule has 0 saturated heterocycles. The van der Waals surface area contributed by atoms with Crippen LogP contribution in [0.3, 0.4) is 0 Å². The fourth-order valence-electron chi connectivity index (χ4n) is 1.87. The van der Waals surface area contributed by atoms with Gasteiger partial charge in [-0.1, -0.05) is 24.3 Å². The smallest absolute Gasteiger partial charge is 0.345 e. The Morgan fingerprint density at radius 1 is 1.24 bits per heavy atom. The molecule has 21 heavy (non-hydrogen) atoms. The van der Waals surface area contributed by atoms with Crippen molar-refractivity contribution in [2.24, 2.45) is 0 Å². The predicted octanol–water partition coefficient (Wildman–Crippen LogP) is 3.40. The van der Waals surface area contributed by atoms with Crippen LogP contribution in [-0.2, 0) is 11.3 Å². The molecule has 2 rings (SSSR count). The number of hydrogen-bond donors (Lipinski definition) is 0. The first-order chi connectivity index (χ1) is 9.99. The normalized spacial score (nSPS) is 10.2. The van der Waals surface area contributed by atoms with E-state index in [-0.39, 0.29) is 23.7 Å². The third kappa shape index (κ3) is 3.42. The van der Waals surface area contributed by atoms with Crippen LogP contribution in [0.5, 0.6) is 0 Å². The van der Waals surface area contributed by atoms with Crippen molar-refractivity contribution in [1.29, 1.82) is 0 Å². The maximum Gasteiger partial charge on any atom is 0.345 e. The molecule has 2 aromatic rings. The zero-order valence-electron chi connectivity index (χ0n) is 11.2. The predicted molar refractivity (Wildman–Crippen MR) is 73.4 cm³/mol. The second kappa shape index (κ2) is 6.13. The first-order valence-corrected chi connectivity index (χ1v) is 6.14. The summed E-state index contributed by atoms with van der Waals surface area (Å²) < 4.78 is 17.8. The molecule has 6 heteroatoms. The minimum atomic E-state index is -0.783. The summed E-state index contributed by atoms with van der Waals surface area (Å²) in [4.78, 5) is 22.4. The molecule has 0 atom stereocenters. The fourth-order valence-corrected chi connectivity index (χ4v) is 1.87. The van der Waals surface area contributed by atoms with E-state index in [0.717, 1.165) is 0 Å². The fraction of sp³-hybridized carbons (Fsp3) is 0.133. The number of nitro benzene ring substituents is 1. The first kappa shape index (κ1) is 14.6. The number of nitro groups is 1. The third-order valence-electron chi connectivity index (χ3n) is 2.92. The van der Waals surface area contributed by atoms with E-state index in [1.54, 1.807) is 19.1 Å². The van der Waals surface area contributed by atoms with E-state index in [1.165, 1.54) is 30.3 Å². The number of aryl methyl sites for hydroxylation is 1. The van der Waals surface area contributed by atoms with E-state index >= 15 is 0 Å². The zero-order chi connectivity index (χ0) is 15.4. The Hall–Kier alpha value is -2.76. The summed E-state index contributed by atoms with van der Waals surface area (Å²) in [6, 6.07) is 9.90. The van der Waals surface area contributed by atoms with Crippen molar-refractivity contribution in [1.82, 2.24) is 0 Å². The van der Waals surface area contributed by atoms with E-state index in [1.807, 2.05) is 0 Å². The Morgan fingerprint density at radius 3 is 2.52 bits per heavy atom. The van der Waals surface area contributed by atoms with Gasteiger partial charge in [0.25, 0.3) is 5.69 Å². The highest BCUT2D eigenvalue weighted by molar-refractivity contribution is 5.94. The van der Waals surface area contributed by atoms with Gasteiger partial charge < -0.3 is 4.74 Å². The molecule has 0 aliphatic rings. The van der Waals surface area contributed by atoms with Gasteiger partial charge in [0.05, 0.1) is 4.92 Å². The maximum absolute atomic E-state index is 12.8. The molecule has 0 saturated carbocycles. The molecule has 0 aliphatic carbocycles. The summed E-state index contributed by atoms with van der Waals surface area (Å²) in [6.07, 6.45) is 0. The van der Waals surface area contributed by atoms with E-state index < -0.39 is 10.9 Å². The molecule has 2 aromatic carbocycles. The Morgan fingerprint density at radius 2 is 1.90 bits per heavy atom. The van der Waals surface area contributed by atoms with Gasteiger partial charge in [-0.05, 0) is 30.7 Å². The van der Waals surface area contributed by atoms with Crippen LogP contribution >= 0.6 is 0 Å². The summed E-state index contributed by atoms with van der Waals surface area (Å²) in [5, 5.41) is 11.0. The van der Waals surface area contributed by atoms with Crippen LogP contribution in [-0.4, -0.2) is 10.9 Å². The van der Waals surface area contributed by atoms with Gasteiger partial charge in [0.1, 0.15) is 18.0 Å². The topological polar surface area (TPSA) is 69.4 Å². The summed E-state index contributed by atoms with van der Waals surface area (Å²) in [5.74, 6) is -1.17. The average molecular weight is 289 g/mol. The van der Waals surface area contributed by atoms with E-state index in [4.69, 9.17) is 4.74 Å². The van der Waals surface area contributed by atoms with Crippen molar-refractivity contribution in [2.45, 2.75) is 13.5 Å². The quantitative estimate of drug-likeness (QED) is 0.491. The van der Waals surface area contributed by atoms with Crippen molar-refractivity contribution in [2.75, 3.05) is 0 Å². The lowest BCUT2D eigenvalue weighted by Gasteiger charge is -2.06. The van der Waals surface area contributed by atoms with Gasteiger partial charge in [-0.3, -0.25) is 10.1 Å². The lowest BCUT2D eigenvalue weighted by molar-refractivity contribution is -0.385. The molecule has 0 amide bonds. The minimum Gasteiger partial charge on any atom is -0.457 e. The molecular weight excluding hydrogens is 277 g/mol. The third-order valence-corrected chi connectivity index (χ3v) is 2.92. The van der Waals surface area contributed by atoms with E-state index in [9.17, 15) is 19.3 Å². The SMILES string of the molecule is Cc1cccc(C(=O)OCc2ccc(F)cc2)c1[N+](=O)[O-]. The number of nitrogens with zero attached hydrogens (tertiary/aromatic N) is 1. The van der Waals surface area contributed by atoms with Crippen molar-refractivity contribution in [3.8, 4) is 0 Å². The molecule has 0 aromatic heterocycles. The molecular formula is C15H12FNO4. The molecule has 0 unspecified atom stereocenters. The molecule has 5 nitrogen and oxygen atoms in total. The van der Waals surface area contributed by atoms with Crippen LogP contribution in [0.25, 0.3) is 0 Å². The Bertz CT molecular complexity index is 683. The maximum atomic E-state index is 12.8. The van der Waals surface area contributed by atoms with Crippen molar-refractivity contribution < 1.29 is 18.8 Å². The molecule has 0 fully saturated rings. The number of ether oxygens (including phenoxy) is 1. The number of carbonyl (C=O) groups excluding carboxylic acids is 1. The van der Waals surface area contributed by atoms with Crippen LogP contribution in [0.1, 0.15) is 21.5 Å². The highest BCUT2D eigenvalue weighted by Gasteiger charge is 2.23. The largest absolute Gasteiger partial charge is 0.457 e. The lowest BCUT2D eigenvalue weighted by Crippen LogP contribution is -2.09. The van der Waals surface area contributed by atoms with Crippen LogP contribution in [0.4, 0.5) is 10.1 Å². The number of para-hydroxylation sites is 1. The van der Waals surface area contributed by atoms with Gasteiger partial charge >= 0.3 is 5.97 Å². The lowest BCUT2D eigenvalue weighted by atomic mass is 10.1. The van der Waals surface area contributed by atoms with Gasteiger partial charge in [-0.15, -0.1) is 0 Å². The Balaban J connectivity index is 2.16. The number of hydrogen-bond acceptors (Lipinski definition) is 4. The van der Waals surface area contributed by atoms with Gasteiger partial charge in [0, 0.05) is 5.56 Å². The van der Waals surface area contributed by atoms with Gasteiger partial charge in [-0.25, -0.2) is 9.18 Å². The summed E-state index contributed by atoms with van der Waals surface area (Å²) in [5.41, 5.74) is 0.625. The number of carbonyl (C=O) groups is 1. The minimum absolute atomic E-state index is 0.0792. The number of halogens is 1. The van der Waals surface area contributed by atoms with Gasteiger partial charge in [-0.2, -0.15) is 0 Å². The number of rotatable bonds is 4. The molecule has 0 bridgehead atoms. The van der Waals surface area contributed by atoms with E-state index in [0.29, 0.717) is 11.1 Å². The molecule has 0 radical (unpaired) electrons. The standard InChI is InChI=1S/C15H12FNO4/c1-10-3-2-4-13(14(10)17(19)20)15(18)21-9-11-5-7-12(16)8-6-11/h2-8H,9H2,1H3. The number of benzene rings is 2. The molecule has 0 N–H and O–H groups in total. The molecule has 108 valence electrons. The highest BCUT2D eigenvalue weighted by atomic mass is 19.1. The van der Waals surface area contributed by atoms with Crippen LogP contribution in [0.15, 0.2) is 42.5 Å². The molecule has 0 aliphatic heterocycles. The monoisotopic (exact) mass is 289 g/mol. The highest BCUT2D eigenvalue weighted by Crippen LogP contribution is 2.24. The van der Waals surface area contributed by atoms with Gasteiger partial charge in [0.15, 0.2) is 0 Å². The van der Waals surface area contributed by atoms with Crippen molar-refractivity contribution in [3.63, 3.8) is 0 Å². The average Bonchev–Trinajstić information content (AvgIpc) is 2.45. The first-order valence-electron chi connectivity index (χ1n) is 6.14. The summed E-state index contributed by atoms with van der Waals surface area (Å²) >= 11 is 0. The summed E-state index contributed by atoms with van der Waals surface area (Å²) in [6.45, 7) is 1.47. The number of esters is 1. The van der Waals surface area contributed by atoms with Crippen molar-refractivity contribution in [3.05, 3.63) is 75.1 Å². The molecule has 0 heterocycles. The molecule has 0 spiro atoms. The second-order valence-electron chi connectivity index (χ2n) is 4.43.